The van der Waals surface area contributed by atoms with Gasteiger partial charge in [0.15, 0.2) is 0 Å². The maximum absolute atomic E-state index is 6.20. The zero-order valence-corrected chi connectivity index (χ0v) is 11.8. The van der Waals surface area contributed by atoms with Crippen LogP contribution in [0.15, 0.2) is 36.7 Å². The second-order valence-corrected chi connectivity index (χ2v) is 4.81. The molecule has 0 radical (unpaired) electrons. The monoisotopic (exact) mass is 266 g/mol. The first kappa shape index (κ1) is 12.7. The molecule has 0 aliphatic heterocycles. The van der Waals surface area contributed by atoms with Gasteiger partial charge in [0.2, 0.25) is 0 Å². The van der Waals surface area contributed by atoms with Gasteiger partial charge in [0.05, 0.1) is 29.0 Å². The van der Waals surface area contributed by atoms with Crippen molar-refractivity contribution in [2.24, 2.45) is 0 Å². The summed E-state index contributed by atoms with van der Waals surface area (Å²) >= 11 is 0. The normalized spacial score (nSPS) is 11.1. The van der Waals surface area contributed by atoms with E-state index in [4.69, 9.17) is 5.73 Å². The Bertz CT molecular complexity index is 753. The van der Waals surface area contributed by atoms with Crippen LogP contribution in [0.3, 0.4) is 0 Å². The number of rotatable bonds is 3. The maximum atomic E-state index is 6.20. The van der Waals surface area contributed by atoms with E-state index in [1.807, 2.05) is 29.2 Å². The van der Waals surface area contributed by atoms with Crippen molar-refractivity contribution in [3.8, 4) is 5.69 Å². The zero-order valence-electron chi connectivity index (χ0n) is 11.8. The molecule has 0 aliphatic carbocycles. The summed E-state index contributed by atoms with van der Waals surface area (Å²) in [6, 6.07) is 8.20. The molecule has 0 unspecified atom stereocenters. The summed E-state index contributed by atoms with van der Waals surface area (Å²) in [5, 5.41) is 6.92. The van der Waals surface area contributed by atoms with Crippen LogP contribution in [0, 0.1) is 0 Å². The van der Waals surface area contributed by atoms with E-state index in [0.717, 1.165) is 46.4 Å². The van der Waals surface area contributed by atoms with Gasteiger partial charge < -0.3 is 5.73 Å². The van der Waals surface area contributed by atoms with E-state index in [0.29, 0.717) is 0 Å². The highest BCUT2D eigenvalue weighted by Crippen LogP contribution is 2.26. The van der Waals surface area contributed by atoms with Crippen LogP contribution in [0.25, 0.3) is 16.5 Å². The first-order chi connectivity index (χ1) is 9.76. The van der Waals surface area contributed by atoms with Gasteiger partial charge in [-0.15, -0.1) is 0 Å². The third kappa shape index (κ3) is 1.84. The fourth-order valence-electron chi connectivity index (χ4n) is 2.59. The lowest BCUT2D eigenvalue weighted by molar-refractivity contribution is 0.796. The van der Waals surface area contributed by atoms with Crippen molar-refractivity contribution in [2.75, 3.05) is 5.73 Å². The number of nitrogens with two attached hydrogens (primary N) is 1. The summed E-state index contributed by atoms with van der Waals surface area (Å²) in [6.45, 7) is 4.17. The number of fused-ring (bicyclic) bond motifs is 1. The number of nitrogen functional groups attached to an aromatic ring is 1. The van der Waals surface area contributed by atoms with Crippen LogP contribution in [-0.4, -0.2) is 14.8 Å². The molecule has 0 atom stereocenters. The van der Waals surface area contributed by atoms with Crippen LogP contribution in [0.5, 0.6) is 0 Å². The third-order valence-corrected chi connectivity index (χ3v) is 3.64. The first-order valence-corrected chi connectivity index (χ1v) is 6.95. The molecule has 3 aromatic rings. The number of benzene rings is 1. The van der Waals surface area contributed by atoms with Gasteiger partial charge in [0.1, 0.15) is 0 Å². The van der Waals surface area contributed by atoms with E-state index in [2.05, 4.69) is 36.1 Å². The molecule has 4 heteroatoms. The molecule has 0 spiro atoms. The van der Waals surface area contributed by atoms with Crippen LogP contribution in [0.2, 0.25) is 0 Å². The molecule has 0 saturated carbocycles. The minimum absolute atomic E-state index is 0.808. The summed E-state index contributed by atoms with van der Waals surface area (Å²) in [7, 11) is 0. The number of hydrogen-bond donors (Lipinski definition) is 1. The lowest BCUT2D eigenvalue weighted by atomic mass is 10.1. The molecule has 102 valence electrons. The number of anilines is 1. The molecule has 2 heterocycles. The molecular formula is C16H18N4. The van der Waals surface area contributed by atoms with Gasteiger partial charge in [0, 0.05) is 17.0 Å². The highest BCUT2D eigenvalue weighted by molar-refractivity contribution is 5.89. The lowest BCUT2D eigenvalue weighted by Crippen LogP contribution is -2.04. The van der Waals surface area contributed by atoms with Gasteiger partial charge in [0.25, 0.3) is 0 Å². The van der Waals surface area contributed by atoms with Crippen molar-refractivity contribution >= 4 is 16.5 Å². The number of nitrogens with zero attached hydrogens (tertiary/aromatic N) is 3. The summed E-state index contributed by atoms with van der Waals surface area (Å²) < 4.78 is 1.95. The van der Waals surface area contributed by atoms with Crippen LogP contribution in [0.1, 0.15) is 25.2 Å². The largest absolute Gasteiger partial charge is 0.396 e. The van der Waals surface area contributed by atoms with Gasteiger partial charge in [-0.3, -0.25) is 4.98 Å². The van der Waals surface area contributed by atoms with Crippen molar-refractivity contribution in [2.45, 2.75) is 26.7 Å². The Labute approximate surface area is 118 Å². The van der Waals surface area contributed by atoms with E-state index in [1.165, 1.54) is 0 Å². The van der Waals surface area contributed by atoms with Crippen LogP contribution < -0.4 is 5.73 Å². The molecule has 0 bridgehead atoms. The van der Waals surface area contributed by atoms with E-state index in [9.17, 15) is 0 Å². The van der Waals surface area contributed by atoms with Gasteiger partial charge in [-0.05, 0) is 12.8 Å². The van der Waals surface area contributed by atoms with Gasteiger partial charge in [-0.1, -0.05) is 38.1 Å². The minimum atomic E-state index is 0.808. The molecule has 0 saturated heterocycles. The minimum Gasteiger partial charge on any atom is -0.396 e. The van der Waals surface area contributed by atoms with Crippen molar-refractivity contribution < 1.29 is 0 Å². The zero-order chi connectivity index (χ0) is 14.1. The molecule has 4 nitrogen and oxygen atoms in total. The average Bonchev–Trinajstić information content (AvgIpc) is 2.82. The summed E-state index contributed by atoms with van der Waals surface area (Å²) in [5.74, 6) is 0. The first-order valence-electron chi connectivity index (χ1n) is 6.95. The van der Waals surface area contributed by atoms with E-state index < -0.39 is 0 Å². The molecule has 0 aliphatic rings. The predicted molar refractivity (Wildman–Crippen MR) is 82.0 cm³/mol. The SMILES string of the molecule is CCc1nn(-c2cncc3ccccc23)c(CC)c1N. The van der Waals surface area contributed by atoms with E-state index in [-0.39, 0.29) is 0 Å². The Morgan fingerprint density at radius 3 is 2.65 bits per heavy atom. The predicted octanol–water partition coefficient (Wildman–Crippen LogP) is 3.13. The quantitative estimate of drug-likeness (QED) is 0.792. The smallest absolute Gasteiger partial charge is 0.0911 e. The number of hydrogen-bond acceptors (Lipinski definition) is 3. The number of pyridine rings is 1. The topological polar surface area (TPSA) is 56.7 Å². The lowest BCUT2D eigenvalue weighted by Gasteiger charge is -2.09. The molecule has 2 aromatic heterocycles. The van der Waals surface area contributed by atoms with Crippen molar-refractivity contribution in [3.63, 3.8) is 0 Å². The molecule has 20 heavy (non-hydrogen) atoms. The molecule has 2 N–H and O–H groups in total. The second kappa shape index (κ2) is 4.96. The van der Waals surface area contributed by atoms with Crippen molar-refractivity contribution in [1.82, 2.24) is 14.8 Å². The summed E-state index contributed by atoms with van der Waals surface area (Å²) in [4.78, 5) is 4.33. The molecule has 0 fully saturated rings. The molecule has 0 amide bonds. The fraction of sp³-hybridized carbons (Fsp3) is 0.250. The van der Waals surface area contributed by atoms with Crippen LogP contribution in [-0.2, 0) is 12.8 Å². The summed E-state index contributed by atoms with van der Waals surface area (Å²) in [6.07, 6.45) is 5.41. The highest BCUT2D eigenvalue weighted by atomic mass is 15.3. The van der Waals surface area contributed by atoms with Gasteiger partial charge >= 0.3 is 0 Å². The Balaban J connectivity index is 2.31. The Kier molecular flexibility index (Phi) is 3.14. The molecular weight excluding hydrogens is 248 g/mol. The Morgan fingerprint density at radius 1 is 1.10 bits per heavy atom. The standard InChI is InChI=1S/C16H18N4/c1-3-13-16(17)14(4-2)20(19-13)15-10-18-9-11-7-5-6-8-12(11)15/h5-10H,3-4,17H2,1-2H3. The van der Waals surface area contributed by atoms with Gasteiger partial charge in [-0.2, -0.15) is 5.10 Å². The maximum Gasteiger partial charge on any atom is 0.0911 e. The average molecular weight is 266 g/mol. The third-order valence-electron chi connectivity index (χ3n) is 3.64. The Hall–Kier alpha value is -2.36. The highest BCUT2D eigenvalue weighted by Gasteiger charge is 2.15. The van der Waals surface area contributed by atoms with E-state index in [1.54, 1.807) is 0 Å². The summed E-state index contributed by atoms with van der Waals surface area (Å²) in [5.41, 5.74) is 10.0. The Morgan fingerprint density at radius 2 is 1.90 bits per heavy atom. The molecule has 3 rings (SSSR count). The fourth-order valence-corrected chi connectivity index (χ4v) is 2.59. The number of aryl methyl sites for hydroxylation is 1. The number of aromatic nitrogens is 3. The van der Waals surface area contributed by atoms with Crippen LogP contribution in [0.4, 0.5) is 5.69 Å². The van der Waals surface area contributed by atoms with Crippen molar-refractivity contribution in [3.05, 3.63) is 48.0 Å². The van der Waals surface area contributed by atoms with Gasteiger partial charge in [-0.25, -0.2) is 4.68 Å². The van der Waals surface area contributed by atoms with Crippen LogP contribution >= 0.6 is 0 Å². The van der Waals surface area contributed by atoms with Crippen molar-refractivity contribution in [1.29, 1.82) is 0 Å². The van der Waals surface area contributed by atoms with E-state index >= 15 is 0 Å². The molecule has 1 aromatic carbocycles. The second-order valence-electron chi connectivity index (χ2n) is 4.81.